The number of nitrogens with one attached hydrogen (secondary N) is 1. The highest BCUT2D eigenvalue weighted by Crippen LogP contribution is 2.37. The first-order chi connectivity index (χ1) is 12.8. The molecular formula is C19H21N3O3S. The van der Waals surface area contributed by atoms with Crippen LogP contribution in [-0.4, -0.2) is 47.8 Å². The zero-order valence-electron chi connectivity index (χ0n) is 14.4. The van der Waals surface area contributed by atoms with Gasteiger partial charge in [-0.2, -0.15) is 0 Å². The summed E-state index contributed by atoms with van der Waals surface area (Å²) in [5.74, 6) is 1.73. The minimum atomic E-state index is 0.212. The van der Waals surface area contributed by atoms with Gasteiger partial charge in [-0.1, -0.05) is 0 Å². The summed E-state index contributed by atoms with van der Waals surface area (Å²) in [7, 11) is 0. The zero-order valence-corrected chi connectivity index (χ0v) is 15.3. The molecule has 2 fully saturated rings. The van der Waals surface area contributed by atoms with Crippen molar-refractivity contribution in [2.75, 3.05) is 19.9 Å². The quantitative estimate of drug-likeness (QED) is 0.898. The minimum Gasteiger partial charge on any atom is -0.454 e. The standard InChI is InChI=1S/C19H21N3O3S/c23-18(22-14-2-3-15(22)9-20-6-5-14)8-13-10-26-19(21-13)12-1-4-16-17(7-12)25-11-24-16/h1,4,7,10,14-15,20H,2-3,5-6,8-9,11H2. The van der Waals surface area contributed by atoms with Gasteiger partial charge in [-0.3, -0.25) is 4.79 Å². The molecule has 26 heavy (non-hydrogen) atoms. The summed E-state index contributed by atoms with van der Waals surface area (Å²) in [5, 5.41) is 6.35. The molecule has 4 heterocycles. The fourth-order valence-corrected chi connectivity index (χ4v) is 5.00. The number of carbonyl (C=O) groups is 1. The molecule has 0 saturated carbocycles. The molecule has 1 N–H and O–H groups in total. The van der Waals surface area contributed by atoms with Crippen LogP contribution in [0.25, 0.3) is 10.6 Å². The second kappa shape index (κ2) is 6.55. The Morgan fingerprint density at radius 1 is 1.23 bits per heavy atom. The van der Waals surface area contributed by atoms with Crippen molar-refractivity contribution < 1.29 is 14.3 Å². The maximum atomic E-state index is 12.9. The maximum Gasteiger partial charge on any atom is 0.231 e. The van der Waals surface area contributed by atoms with Crippen molar-refractivity contribution in [3.63, 3.8) is 0 Å². The highest BCUT2D eigenvalue weighted by atomic mass is 32.1. The Morgan fingerprint density at radius 3 is 3.08 bits per heavy atom. The van der Waals surface area contributed by atoms with E-state index in [1.54, 1.807) is 11.3 Å². The van der Waals surface area contributed by atoms with E-state index in [0.29, 0.717) is 18.5 Å². The highest BCUT2D eigenvalue weighted by Gasteiger charge is 2.37. The predicted molar refractivity (Wildman–Crippen MR) is 98.5 cm³/mol. The van der Waals surface area contributed by atoms with Crippen LogP contribution >= 0.6 is 11.3 Å². The Bertz CT molecular complexity index is 823. The fourth-order valence-electron chi connectivity index (χ4n) is 4.19. The van der Waals surface area contributed by atoms with Crippen LogP contribution in [0, 0.1) is 0 Å². The molecule has 6 nitrogen and oxygen atoms in total. The molecule has 3 aliphatic heterocycles. The zero-order chi connectivity index (χ0) is 17.5. The number of fused-ring (bicyclic) bond motifs is 3. The number of amides is 1. The Kier molecular flexibility index (Phi) is 4.05. The van der Waals surface area contributed by atoms with Gasteiger partial charge in [0.2, 0.25) is 12.7 Å². The topological polar surface area (TPSA) is 63.7 Å². The van der Waals surface area contributed by atoms with E-state index in [4.69, 9.17) is 14.5 Å². The molecule has 7 heteroatoms. The number of hydrogen-bond acceptors (Lipinski definition) is 6. The summed E-state index contributed by atoms with van der Waals surface area (Å²) in [6.45, 7) is 2.20. The lowest BCUT2D eigenvalue weighted by Crippen LogP contribution is -2.43. The van der Waals surface area contributed by atoms with Crippen molar-refractivity contribution in [2.24, 2.45) is 0 Å². The Morgan fingerprint density at radius 2 is 2.12 bits per heavy atom. The first kappa shape index (κ1) is 16.1. The molecule has 1 aromatic heterocycles. The number of thiazole rings is 1. The molecule has 1 aromatic carbocycles. The van der Waals surface area contributed by atoms with E-state index in [1.807, 2.05) is 23.6 Å². The highest BCUT2D eigenvalue weighted by molar-refractivity contribution is 7.13. The van der Waals surface area contributed by atoms with Crippen molar-refractivity contribution in [3.05, 3.63) is 29.3 Å². The Balaban J connectivity index is 1.32. The summed E-state index contributed by atoms with van der Waals surface area (Å²) in [5.41, 5.74) is 1.85. The molecule has 0 aliphatic carbocycles. The van der Waals surface area contributed by atoms with E-state index in [-0.39, 0.29) is 12.7 Å². The third kappa shape index (κ3) is 2.85. The number of nitrogens with zero attached hydrogens (tertiary/aromatic N) is 2. The van der Waals surface area contributed by atoms with Crippen molar-refractivity contribution >= 4 is 17.2 Å². The van der Waals surface area contributed by atoms with Crippen LogP contribution in [0.5, 0.6) is 11.5 Å². The van der Waals surface area contributed by atoms with Gasteiger partial charge in [-0.05, 0) is 44.0 Å². The van der Waals surface area contributed by atoms with Gasteiger partial charge in [0.05, 0.1) is 12.1 Å². The number of benzene rings is 1. The van der Waals surface area contributed by atoms with Crippen LogP contribution in [0.15, 0.2) is 23.6 Å². The van der Waals surface area contributed by atoms with E-state index in [0.717, 1.165) is 60.1 Å². The van der Waals surface area contributed by atoms with Gasteiger partial charge in [-0.15, -0.1) is 11.3 Å². The number of ether oxygens (including phenoxy) is 2. The van der Waals surface area contributed by atoms with E-state index in [2.05, 4.69) is 10.2 Å². The lowest BCUT2D eigenvalue weighted by atomic mass is 10.1. The number of carbonyl (C=O) groups excluding carboxylic acids is 1. The summed E-state index contributed by atoms with van der Waals surface area (Å²) < 4.78 is 10.8. The van der Waals surface area contributed by atoms with Crippen LogP contribution < -0.4 is 14.8 Å². The van der Waals surface area contributed by atoms with Crippen molar-refractivity contribution in [1.82, 2.24) is 15.2 Å². The smallest absolute Gasteiger partial charge is 0.231 e. The van der Waals surface area contributed by atoms with E-state index < -0.39 is 0 Å². The lowest BCUT2D eigenvalue weighted by molar-refractivity contribution is -0.133. The van der Waals surface area contributed by atoms with Gasteiger partial charge in [0, 0.05) is 29.6 Å². The molecule has 2 bridgehead atoms. The van der Waals surface area contributed by atoms with Crippen molar-refractivity contribution in [1.29, 1.82) is 0 Å². The van der Waals surface area contributed by atoms with Gasteiger partial charge < -0.3 is 19.7 Å². The third-order valence-electron chi connectivity index (χ3n) is 5.45. The summed E-state index contributed by atoms with van der Waals surface area (Å²) in [4.78, 5) is 19.7. The Hall–Kier alpha value is -2.12. The number of hydrogen-bond donors (Lipinski definition) is 1. The third-order valence-corrected chi connectivity index (χ3v) is 6.39. The second-order valence-electron chi connectivity index (χ2n) is 7.07. The molecule has 3 aliphatic rings. The van der Waals surface area contributed by atoms with Crippen LogP contribution in [-0.2, 0) is 11.2 Å². The molecule has 2 atom stereocenters. The van der Waals surface area contributed by atoms with Crippen LogP contribution in [0.2, 0.25) is 0 Å². The SMILES string of the molecule is O=C(Cc1csc(-c2ccc3c(c2)OCO3)n1)N1C2CCNCC1CC2. The molecule has 2 unspecified atom stereocenters. The molecule has 2 saturated heterocycles. The van der Waals surface area contributed by atoms with Gasteiger partial charge >= 0.3 is 0 Å². The molecule has 0 spiro atoms. The molecule has 5 rings (SSSR count). The van der Waals surface area contributed by atoms with Crippen LogP contribution in [0.1, 0.15) is 25.0 Å². The minimum absolute atomic E-state index is 0.212. The van der Waals surface area contributed by atoms with Crippen molar-refractivity contribution in [2.45, 2.75) is 37.8 Å². The molecule has 1 amide bonds. The van der Waals surface area contributed by atoms with Gasteiger partial charge in [0.15, 0.2) is 11.5 Å². The maximum absolute atomic E-state index is 12.9. The second-order valence-corrected chi connectivity index (χ2v) is 7.93. The molecular weight excluding hydrogens is 350 g/mol. The fraction of sp³-hybridized carbons (Fsp3) is 0.474. The average molecular weight is 371 g/mol. The summed E-state index contributed by atoms with van der Waals surface area (Å²) >= 11 is 1.57. The first-order valence-electron chi connectivity index (χ1n) is 9.14. The summed E-state index contributed by atoms with van der Waals surface area (Å²) in [6.07, 6.45) is 3.69. The first-order valence-corrected chi connectivity index (χ1v) is 10.0. The van der Waals surface area contributed by atoms with E-state index >= 15 is 0 Å². The largest absolute Gasteiger partial charge is 0.454 e. The number of rotatable bonds is 3. The average Bonchev–Trinajstić information content (AvgIpc) is 3.32. The monoisotopic (exact) mass is 371 g/mol. The molecule has 136 valence electrons. The van der Waals surface area contributed by atoms with Gasteiger partial charge in [-0.25, -0.2) is 4.98 Å². The molecule has 2 aromatic rings. The van der Waals surface area contributed by atoms with Gasteiger partial charge in [0.25, 0.3) is 0 Å². The molecule has 0 radical (unpaired) electrons. The van der Waals surface area contributed by atoms with Crippen LogP contribution in [0.3, 0.4) is 0 Å². The van der Waals surface area contributed by atoms with E-state index in [1.165, 1.54) is 0 Å². The Labute approximate surface area is 156 Å². The van der Waals surface area contributed by atoms with Crippen molar-refractivity contribution in [3.8, 4) is 22.1 Å². The van der Waals surface area contributed by atoms with Crippen LogP contribution in [0.4, 0.5) is 0 Å². The van der Waals surface area contributed by atoms with Gasteiger partial charge in [0.1, 0.15) is 5.01 Å². The van der Waals surface area contributed by atoms with E-state index in [9.17, 15) is 4.79 Å². The predicted octanol–water partition coefficient (Wildman–Crippen LogP) is 2.43. The lowest BCUT2D eigenvalue weighted by Gasteiger charge is -2.27. The number of aromatic nitrogens is 1. The normalized spacial score (nSPS) is 23.9. The summed E-state index contributed by atoms with van der Waals surface area (Å²) in [6, 6.07) is 6.59.